The third kappa shape index (κ3) is 4.68. The highest BCUT2D eigenvalue weighted by molar-refractivity contribution is 7.92. The summed E-state index contributed by atoms with van der Waals surface area (Å²) in [6.45, 7) is 8.49. The van der Waals surface area contributed by atoms with Crippen LogP contribution in [0, 0.1) is 13.8 Å². The molecule has 7 nitrogen and oxygen atoms in total. The second-order valence-electron chi connectivity index (χ2n) is 8.33. The average molecular weight is 477 g/mol. The summed E-state index contributed by atoms with van der Waals surface area (Å²) in [6.07, 6.45) is 0. The molecule has 1 amide bonds. The lowest BCUT2D eigenvalue weighted by Crippen LogP contribution is -2.28. The quantitative estimate of drug-likeness (QED) is 0.394. The van der Waals surface area contributed by atoms with Gasteiger partial charge in [0.1, 0.15) is 5.82 Å². The molecule has 8 heteroatoms. The SMILES string of the molecule is CCn1c(C(C)NC(=O)c2ccc(NS(=O)(=O)c3ccc(C)c(C)c3)cc2)nc2ccccc21. The van der Waals surface area contributed by atoms with Crippen molar-refractivity contribution in [2.24, 2.45) is 0 Å². The molecule has 4 aromatic rings. The molecule has 1 heterocycles. The minimum atomic E-state index is -3.72. The van der Waals surface area contributed by atoms with Crippen LogP contribution in [0.1, 0.15) is 47.2 Å². The Hall–Kier alpha value is -3.65. The first-order valence-electron chi connectivity index (χ1n) is 11.2. The number of fused-ring (bicyclic) bond motifs is 1. The Morgan fingerprint density at radius 1 is 1.00 bits per heavy atom. The van der Waals surface area contributed by atoms with Crippen molar-refractivity contribution in [3.05, 3.63) is 89.2 Å². The minimum Gasteiger partial charge on any atom is -0.342 e. The van der Waals surface area contributed by atoms with Crippen molar-refractivity contribution < 1.29 is 13.2 Å². The molecule has 2 N–H and O–H groups in total. The number of sulfonamides is 1. The van der Waals surface area contributed by atoms with E-state index in [1.54, 1.807) is 42.5 Å². The van der Waals surface area contributed by atoms with E-state index in [4.69, 9.17) is 4.98 Å². The summed E-state index contributed by atoms with van der Waals surface area (Å²) in [5.41, 5.74) is 4.66. The highest BCUT2D eigenvalue weighted by Crippen LogP contribution is 2.22. The van der Waals surface area contributed by atoms with Gasteiger partial charge in [-0.2, -0.15) is 0 Å². The summed E-state index contributed by atoms with van der Waals surface area (Å²) < 4.78 is 30.1. The number of carbonyl (C=O) groups is 1. The predicted octanol–water partition coefficient (Wildman–Crippen LogP) is 4.96. The lowest BCUT2D eigenvalue weighted by molar-refractivity contribution is 0.0937. The van der Waals surface area contributed by atoms with Gasteiger partial charge in [0.25, 0.3) is 15.9 Å². The highest BCUT2D eigenvalue weighted by atomic mass is 32.2. The Morgan fingerprint density at radius 2 is 1.71 bits per heavy atom. The molecule has 0 saturated carbocycles. The summed E-state index contributed by atoms with van der Waals surface area (Å²) >= 11 is 0. The van der Waals surface area contributed by atoms with Crippen molar-refractivity contribution in [1.29, 1.82) is 0 Å². The molecular weight excluding hydrogens is 448 g/mol. The van der Waals surface area contributed by atoms with E-state index in [-0.39, 0.29) is 16.8 Å². The van der Waals surface area contributed by atoms with Crippen LogP contribution >= 0.6 is 0 Å². The van der Waals surface area contributed by atoms with Crippen molar-refractivity contribution >= 4 is 32.7 Å². The fraction of sp³-hybridized carbons (Fsp3) is 0.231. The fourth-order valence-corrected chi connectivity index (χ4v) is 5.03. The topological polar surface area (TPSA) is 93.1 Å². The van der Waals surface area contributed by atoms with Gasteiger partial charge < -0.3 is 9.88 Å². The third-order valence-corrected chi connectivity index (χ3v) is 7.30. The van der Waals surface area contributed by atoms with Crippen molar-refractivity contribution in [3.63, 3.8) is 0 Å². The van der Waals surface area contributed by atoms with Crippen LogP contribution in [0.3, 0.4) is 0 Å². The maximum atomic E-state index is 12.8. The van der Waals surface area contributed by atoms with Gasteiger partial charge in [0, 0.05) is 17.8 Å². The van der Waals surface area contributed by atoms with Crippen molar-refractivity contribution in [2.45, 2.75) is 45.2 Å². The number of hydrogen-bond donors (Lipinski definition) is 2. The molecule has 0 saturated heterocycles. The van der Waals surface area contributed by atoms with Gasteiger partial charge >= 0.3 is 0 Å². The van der Waals surface area contributed by atoms with Crippen molar-refractivity contribution in [2.75, 3.05) is 4.72 Å². The Balaban J connectivity index is 1.47. The van der Waals surface area contributed by atoms with E-state index in [1.165, 1.54) is 0 Å². The number of nitrogens with one attached hydrogen (secondary N) is 2. The monoisotopic (exact) mass is 476 g/mol. The van der Waals surface area contributed by atoms with E-state index in [9.17, 15) is 13.2 Å². The van der Waals surface area contributed by atoms with Gasteiger partial charge in [-0.15, -0.1) is 0 Å². The van der Waals surface area contributed by atoms with Gasteiger partial charge in [-0.1, -0.05) is 18.2 Å². The predicted molar refractivity (Wildman–Crippen MR) is 134 cm³/mol. The molecule has 1 atom stereocenters. The maximum Gasteiger partial charge on any atom is 0.261 e. The van der Waals surface area contributed by atoms with E-state index in [0.717, 1.165) is 34.5 Å². The van der Waals surface area contributed by atoms with E-state index >= 15 is 0 Å². The number of imidazole rings is 1. The summed E-state index contributed by atoms with van der Waals surface area (Å²) in [7, 11) is -3.72. The first kappa shape index (κ1) is 23.5. The largest absolute Gasteiger partial charge is 0.342 e. The van der Waals surface area contributed by atoms with E-state index in [1.807, 2.05) is 52.0 Å². The Kier molecular flexibility index (Phi) is 6.43. The number of aromatic nitrogens is 2. The number of carbonyl (C=O) groups excluding carboxylic acids is 1. The van der Waals surface area contributed by atoms with Crippen LogP contribution in [0.4, 0.5) is 5.69 Å². The Labute approximate surface area is 199 Å². The highest BCUT2D eigenvalue weighted by Gasteiger charge is 2.19. The summed E-state index contributed by atoms with van der Waals surface area (Å²) in [4.78, 5) is 17.7. The first-order chi connectivity index (χ1) is 16.2. The van der Waals surface area contributed by atoms with Crippen molar-refractivity contribution in [3.8, 4) is 0 Å². The number of rotatable bonds is 7. The molecule has 4 rings (SSSR count). The van der Waals surface area contributed by atoms with Gasteiger partial charge in [-0.05, 0) is 87.4 Å². The molecule has 3 aromatic carbocycles. The molecule has 34 heavy (non-hydrogen) atoms. The zero-order valence-corrected chi connectivity index (χ0v) is 20.5. The van der Waals surface area contributed by atoms with Crippen LogP contribution < -0.4 is 10.0 Å². The van der Waals surface area contributed by atoms with Crippen LogP contribution in [0.15, 0.2) is 71.6 Å². The van der Waals surface area contributed by atoms with E-state index in [2.05, 4.69) is 14.6 Å². The van der Waals surface area contributed by atoms with Gasteiger partial charge in [0.2, 0.25) is 0 Å². The number of aryl methyl sites for hydroxylation is 3. The number of benzene rings is 3. The fourth-order valence-electron chi connectivity index (χ4n) is 3.89. The smallest absolute Gasteiger partial charge is 0.261 e. The lowest BCUT2D eigenvalue weighted by Gasteiger charge is -2.16. The Morgan fingerprint density at radius 3 is 2.38 bits per heavy atom. The van der Waals surface area contributed by atoms with Crippen molar-refractivity contribution in [1.82, 2.24) is 14.9 Å². The number of amides is 1. The van der Waals surface area contributed by atoms with Gasteiger partial charge in [0.05, 0.1) is 22.0 Å². The molecule has 0 aliphatic heterocycles. The van der Waals surface area contributed by atoms with Crippen LogP contribution in [0.25, 0.3) is 11.0 Å². The standard InChI is InChI=1S/C26H28N4O3S/c1-5-30-24-9-7-6-8-23(24)28-25(30)19(4)27-26(31)20-11-13-21(14-12-20)29-34(32,33)22-15-10-17(2)18(3)16-22/h6-16,19,29H,5H2,1-4H3,(H,27,31). The van der Waals surface area contributed by atoms with Crippen LogP contribution in [-0.2, 0) is 16.6 Å². The molecule has 0 fully saturated rings. The number of hydrogen-bond acceptors (Lipinski definition) is 4. The molecule has 1 unspecified atom stereocenters. The Bertz CT molecular complexity index is 1460. The first-order valence-corrected chi connectivity index (χ1v) is 12.6. The van der Waals surface area contributed by atoms with Gasteiger partial charge in [-0.3, -0.25) is 9.52 Å². The molecule has 0 aliphatic carbocycles. The van der Waals surface area contributed by atoms with E-state index < -0.39 is 10.0 Å². The number of para-hydroxylation sites is 2. The van der Waals surface area contributed by atoms with Gasteiger partial charge in [-0.25, -0.2) is 13.4 Å². The lowest BCUT2D eigenvalue weighted by atomic mass is 10.1. The number of nitrogens with zero attached hydrogens (tertiary/aromatic N) is 2. The summed E-state index contributed by atoms with van der Waals surface area (Å²) in [5.74, 6) is 0.528. The van der Waals surface area contributed by atoms with Crippen LogP contribution in [0.2, 0.25) is 0 Å². The number of anilines is 1. The van der Waals surface area contributed by atoms with Crippen LogP contribution in [-0.4, -0.2) is 23.9 Å². The summed E-state index contributed by atoms with van der Waals surface area (Å²) in [5, 5.41) is 2.99. The normalized spacial score (nSPS) is 12.5. The zero-order valence-electron chi connectivity index (χ0n) is 19.7. The molecule has 0 spiro atoms. The zero-order chi connectivity index (χ0) is 24.5. The van der Waals surface area contributed by atoms with Gasteiger partial charge in [0.15, 0.2) is 0 Å². The molecular formula is C26H28N4O3S. The molecule has 0 bridgehead atoms. The average Bonchev–Trinajstić information content (AvgIpc) is 3.20. The molecule has 0 aliphatic rings. The van der Waals surface area contributed by atoms with E-state index in [0.29, 0.717) is 11.3 Å². The van der Waals surface area contributed by atoms with Crippen LogP contribution in [0.5, 0.6) is 0 Å². The molecule has 1 aromatic heterocycles. The molecule has 0 radical (unpaired) electrons. The molecule has 176 valence electrons. The second-order valence-corrected chi connectivity index (χ2v) is 10.0. The maximum absolute atomic E-state index is 12.8. The minimum absolute atomic E-state index is 0.199. The third-order valence-electron chi connectivity index (χ3n) is 5.92. The second kappa shape index (κ2) is 9.30. The summed E-state index contributed by atoms with van der Waals surface area (Å²) in [6, 6.07) is 19.0.